The van der Waals surface area contributed by atoms with Gasteiger partial charge >= 0.3 is 5.97 Å². The molecule has 6 heteroatoms. The first-order valence-corrected chi connectivity index (χ1v) is 6.54. The van der Waals surface area contributed by atoms with Crippen LogP contribution in [0.25, 0.3) is 0 Å². The van der Waals surface area contributed by atoms with E-state index in [0.717, 1.165) is 6.20 Å². The molecular formula is C15H14F2N2O2. The van der Waals surface area contributed by atoms with Crippen molar-refractivity contribution in [3.63, 3.8) is 0 Å². The number of ether oxygens (including phenoxy) is 1. The van der Waals surface area contributed by atoms with Gasteiger partial charge in [0.2, 0.25) is 0 Å². The summed E-state index contributed by atoms with van der Waals surface area (Å²) >= 11 is 0. The fourth-order valence-electron chi connectivity index (χ4n) is 2.83. The smallest absolute Gasteiger partial charge is 0.339 e. The summed E-state index contributed by atoms with van der Waals surface area (Å²) in [4.78, 5) is 15.9. The molecule has 1 atom stereocenters. The van der Waals surface area contributed by atoms with Crippen LogP contribution in [0.3, 0.4) is 0 Å². The highest BCUT2D eigenvalue weighted by atomic mass is 19.3. The fraction of sp³-hybridized carbons (Fsp3) is 0.333. The molecule has 0 bridgehead atoms. The van der Waals surface area contributed by atoms with Crippen LogP contribution in [0.5, 0.6) is 0 Å². The van der Waals surface area contributed by atoms with Crippen LogP contribution in [0.2, 0.25) is 0 Å². The van der Waals surface area contributed by atoms with Crippen LogP contribution in [0.1, 0.15) is 47.9 Å². The van der Waals surface area contributed by atoms with Gasteiger partial charge in [-0.05, 0) is 25.5 Å². The van der Waals surface area contributed by atoms with Gasteiger partial charge in [-0.15, -0.1) is 0 Å². The number of esters is 1. The van der Waals surface area contributed by atoms with Crippen molar-refractivity contribution < 1.29 is 18.3 Å². The summed E-state index contributed by atoms with van der Waals surface area (Å²) in [6.45, 7) is 3.42. The summed E-state index contributed by atoms with van der Waals surface area (Å²) in [7, 11) is 0. The molecule has 2 heterocycles. The fourth-order valence-corrected chi connectivity index (χ4v) is 2.83. The predicted octanol–water partition coefficient (Wildman–Crippen LogP) is 3.36. The van der Waals surface area contributed by atoms with E-state index in [1.807, 2.05) is 0 Å². The molecule has 1 aliphatic rings. The third kappa shape index (κ3) is 2.11. The average Bonchev–Trinajstić information content (AvgIpc) is 2.87. The molecule has 0 unspecified atom stereocenters. The van der Waals surface area contributed by atoms with E-state index in [9.17, 15) is 13.6 Å². The van der Waals surface area contributed by atoms with Crippen LogP contribution in [-0.4, -0.2) is 21.1 Å². The number of fused-ring (bicyclic) bond motifs is 1. The van der Waals surface area contributed by atoms with Gasteiger partial charge in [0, 0.05) is 0 Å². The van der Waals surface area contributed by atoms with Crippen LogP contribution in [0.15, 0.2) is 36.8 Å². The number of halogens is 2. The van der Waals surface area contributed by atoms with E-state index < -0.39 is 24.0 Å². The first-order chi connectivity index (χ1) is 9.92. The van der Waals surface area contributed by atoms with Gasteiger partial charge in [-0.3, -0.25) is 0 Å². The molecule has 2 aromatic rings. The third-order valence-corrected chi connectivity index (χ3v) is 3.69. The average molecular weight is 292 g/mol. The van der Waals surface area contributed by atoms with Gasteiger partial charge in [0.05, 0.1) is 18.1 Å². The van der Waals surface area contributed by atoms with Gasteiger partial charge in [0.25, 0.3) is 6.43 Å². The Labute approximate surface area is 120 Å². The number of carbonyl (C=O) groups excluding carboxylic acids is 1. The largest absolute Gasteiger partial charge is 0.453 e. The highest BCUT2D eigenvalue weighted by Gasteiger charge is 2.43. The number of carbonyl (C=O) groups is 1. The number of rotatable bonds is 2. The highest BCUT2D eigenvalue weighted by molar-refractivity contribution is 5.93. The lowest BCUT2D eigenvalue weighted by Crippen LogP contribution is -2.44. The minimum absolute atomic E-state index is 0.194. The second-order valence-corrected chi connectivity index (χ2v) is 5.51. The molecule has 0 radical (unpaired) electrons. The number of aromatic nitrogens is 2. The molecule has 1 aromatic carbocycles. The molecule has 0 N–H and O–H groups in total. The van der Waals surface area contributed by atoms with Crippen molar-refractivity contribution in [1.29, 1.82) is 0 Å². The van der Waals surface area contributed by atoms with Gasteiger partial charge in [0.1, 0.15) is 17.3 Å². The van der Waals surface area contributed by atoms with E-state index in [2.05, 4.69) is 4.98 Å². The molecule has 0 saturated heterocycles. The standard InChI is InChI=1S/C15H14F2N2O2/c1-15(2)12(19-8-18-7-11(19)13(16)17)9-5-3-4-6-10(9)14(20)21-15/h3-8,12-13H,1-2H3/t12-/m1/s1. The topological polar surface area (TPSA) is 44.1 Å². The molecule has 1 aromatic heterocycles. The zero-order chi connectivity index (χ0) is 15.2. The van der Waals surface area contributed by atoms with E-state index in [4.69, 9.17) is 4.74 Å². The van der Waals surface area contributed by atoms with Crippen LogP contribution < -0.4 is 0 Å². The maximum Gasteiger partial charge on any atom is 0.339 e. The predicted molar refractivity (Wildman–Crippen MR) is 71.3 cm³/mol. The van der Waals surface area contributed by atoms with E-state index in [1.54, 1.807) is 38.1 Å². The molecule has 0 amide bonds. The van der Waals surface area contributed by atoms with Crippen molar-refractivity contribution >= 4 is 5.97 Å². The molecule has 0 aliphatic carbocycles. The van der Waals surface area contributed by atoms with Gasteiger partial charge in [0.15, 0.2) is 0 Å². The second kappa shape index (κ2) is 4.65. The SMILES string of the molecule is CC1(C)OC(=O)c2ccccc2[C@H]1n1cncc1C(F)F. The maximum atomic E-state index is 13.2. The van der Waals surface area contributed by atoms with Crippen LogP contribution in [-0.2, 0) is 4.74 Å². The Morgan fingerprint density at radius 2 is 2.05 bits per heavy atom. The van der Waals surface area contributed by atoms with Crippen molar-refractivity contribution in [2.24, 2.45) is 0 Å². The Morgan fingerprint density at radius 1 is 1.33 bits per heavy atom. The van der Waals surface area contributed by atoms with E-state index >= 15 is 0 Å². The van der Waals surface area contributed by atoms with Crippen molar-refractivity contribution in [2.45, 2.75) is 31.9 Å². The van der Waals surface area contributed by atoms with Crippen LogP contribution in [0.4, 0.5) is 8.78 Å². The normalized spacial score (nSPS) is 20.2. The van der Waals surface area contributed by atoms with Crippen molar-refractivity contribution in [3.05, 3.63) is 53.6 Å². The van der Waals surface area contributed by atoms with Crippen molar-refractivity contribution in [3.8, 4) is 0 Å². The zero-order valence-electron chi connectivity index (χ0n) is 11.6. The van der Waals surface area contributed by atoms with E-state index in [-0.39, 0.29) is 5.69 Å². The number of nitrogens with zero attached hydrogens (tertiary/aromatic N) is 2. The number of benzene rings is 1. The summed E-state index contributed by atoms with van der Waals surface area (Å²) in [5, 5.41) is 0. The molecule has 0 fully saturated rings. The van der Waals surface area contributed by atoms with Crippen LogP contribution in [0, 0.1) is 0 Å². The number of imidazole rings is 1. The summed E-state index contributed by atoms with van der Waals surface area (Å²) in [5.41, 5.74) is -0.0781. The summed E-state index contributed by atoms with van der Waals surface area (Å²) in [6.07, 6.45) is -0.156. The number of cyclic esters (lactones) is 1. The van der Waals surface area contributed by atoms with E-state index in [1.165, 1.54) is 10.9 Å². The molecule has 4 nitrogen and oxygen atoms in total. The Bertz CT molecular complexity index is 694. The van der Waals surface area contributed by atoms with Gasteiger partial charge < -0.3 is 9.30 Å². The van der Waals surface area contributed by atoms with Gasteiger partial charge in [-0.1, -0.05) is 18.2 Å². The molecule has 110 valence electrons. The molecule has 0 spiro atoms. The maximum absolute atomic E-state index is 13.2. The number of alkyl halides is 2. The monoisotopic (exact) mass is 292 g/mol. The first-order valence-electron chi connectivity index (χ1n) is 6.54. The quantitative estimate of drug-likeness (QED) is 0.797. The van der Waals surface area contributed by atoms with Gasteiger partial charge in [-0.2, -0.15) is 0 Å². The molecular weight excluding hydrogens is 278 g/mol. The second-order valence-electron chi connectivity index (χ2n) is 5.51. The molecule has 3 rings (SSSR count). The lowest BCUT2D eigenvalue weighted by Gasteiger charge is -2.40. The summed E-state index contributed by atoms with van der Waals surface area (Å²) in [5.74, 6) is -0.439. The number of hydrogen-bond donors (Lipinski definition) is 0. The minimum atomic E-state index is -2.65. The summed E-state index contributed by atoms with van der Waals surface area (Å²) < 4.78 is 33.1. The molecule has 0 saturated carbocycles. The zero-order valence-corrected chi connectivity index (χ0v) is 11.6. The third-order valence-electron chi connectivity index (χ3n) is 3.69. The lowest BCUT2D eigenvalue weighted by molar-refractivity contribution is -0.0277. The Kier molecular flexibility index (Phi) is 3.04. The Hall–Kier alpha value is -2.24. The van der Waals surface area contributed by atoms with Gasteiger partial charge in [-0.25, -0.2) is 18.6 Å². The Morgan fingerprint density at radius 3 is 2.76 bits per heavy atom. The summed E-state index contributed by atoms with van der Waals surface area (Å²) in [6, 6.07) is 6.35. The van der Waals surface area contributed by atoms with Crippen LogP contribution >= 0.6 is 0 Å². The lowest BCUT2D eigenvalue weighted by atomic mass is 9.85. The minimum Gasteiger partial charge on any atom is -0.453 e. The van der Waals surface area contributed by atoms with Crippen molar-refractivity contribution in [2.75, 3.05) is 0 Å². The molecule has 1 aliphatic heterocycles. The first kappa shape index (κ1) is 13.7. The van der Waals surface area contributed by atoms with E-state index in [0.29, 0.717) is 11.1 Å². The highest BCUT2D eigenvalue weighted by Crippen LogP contribution is 2.41. The Balaban J connectivity index is 2.22. The molecule has 21 heavy (non-hydrogen) atoms. The number of hydrogen-bond acceptors (Lipinski definition) is 3. The van der Waals surface area contributed by atoms with Crippen molar-refractivity contribution in [1.82, 2.24) is 9.55 Å².